The van der Waals surface area contributed by atoms with Crippen molar-refractivity contribution in [1.82, 2.24) is 0 Å². The van der Waals surface area contributed by atoms with Crippen LogP contribution in [-0.4, -0.2) is 5.78 Å². The average Bonchev–Trinajstić information content (AvgIpc) is 2.33. The Morgan fingerprint density at radius 1 is 1.16 bits per heavy atom. The van der Waals surface area contributed by atoms with Gasteiger partial charge in [0.15, 0.2) is 0 Å². The van der Waals surface area contributed by atoms with E-state index in [0.29, 0.717) is 6.42 Å². The molecule has 0 atom stereocenters. The summed E-state index contributed by atoms with van der Waals surface area (Å²) in [4.78, 5) is 12.3. The fourth-order valence-electron chi connectivity index (χ4n) is 2.77. The first-order valence-electron chi connectivity index (χ1n) is 7.13. The molecule has 19 heavy (non-hydrogen) atoms. The third kappa shape index (κ3) is 4.31. The molecule has 0 amide bonds. The van der Waals surface area contributed by atoms with Crippen molar-refractivity contribution in [3.05, 3.63) is 34.6 Å². The molecular weight excluding hydrogens is 263 g/mol. The summed E-state index contributed by atoms with van der Waals surface area (Å²) in [6.45, 7) is 0. The molecule has 0 aliphatic heterocycles. The van der Waals surface area contributed by atoms with Gasteiger partial charge in [-0.3, -0.25) is 4.79 Å². The fraction of sp³-hybridized carbons (Fsp3) is 0.562. The molecule has 2 rings (SSSR count). The van der Waals surface area contributed by atoms with Crippen LogP contribution in [0.15, 0.2) is 18.2 Å². The van der Waals surface area contributed by atoms with Crippen LogP contribution in [0.25, 0.3) is 0 Å². The van der Waals surface area contributed by atoms with Crippen molar-refractivity contribution in [1.29, 1.82) is 0 Å². The zero-order chi connectivity index (χ0) is 13.7. The topological polar surface area (TPSA) is 17.1 Å². The van der Waals surface area contributed by atoms with Gasteiger partial charge in [0.25, 0.3) is 0 Å². The van der Waals surface area contributed by atoms with Gasteiger partial charge in [0.2, 0.25) is 0 Å². The van der Waals surface area contributed by atoms with Gasteiger partial charge in [-0.15, -0.1) is 0 Å². The summed E-state index contributed by atoms with van der Waals surface area (Å²) in [5.41, 5.74) is 0.731. The lowest BCUT2D eigenvalue weighted by Crippen LogP contribution is -2.18. The molecule has 1 aromatic carbocycles. The SMILES string of the molecule is O=C(Cc1ccc(Cl)c(F)c1)C1CCCCCCC1. The molecule has 1 saturated carbocycles. The number of rotatable bonds is 3. The van der Waals surface area contributed by atoms with Gasteiger partial charge in [-0.05, 0) is 30.5 Å². The predicted molar refractivity (Wildman–Crippen MR) is 75.9 cm³/mol. The molecule has 0 unspecified atom stereocenters. The van der Waals surface area contributed by atoms with E-state index in [0.717, 1.165) is 31.2 Å². The molecule has 1 aromatic rings. The molecule has 0 bridgehead atoms. The Labute approximate surface area is 119 Å². The zero-order valence-electron chi connectivity index (χ0n) is 11.1. The van der Waals surface area contributed by atoms with E-state index in [1.54, 1.807) is 6.07 Å². The number of hydrogen-bond donors (Lipinski definition) is 0. The van der Waals surface area contributed by atoms with Crippen molar-refractivity contribution in [2.45, 2.75) is 51.4 Å². The summed E-state index contributed by atoms with van der Waals surface area (Å²) in [6, 6.07) is 4.65. The minimum absolute atomic E-state index is 0.113. The molecule has 0 aromatic heterocycles. The Bertz CT molecular complexity index is 436. The van der Waals surface area contributed by atoms with Gasteiger partial charge in [-0.1, -0.05) is 49.8 Å². The van der Waals surface area contributed by atoms with Crippen LogP contribution < -0.4 is 0 Å². The van der Waals surface area contributed by atoms with Crippen molar-refractivity contribution in [2.24, 2.45) is 5.92 Å². The normalized spacial score (nSPS) is 17.8. The molecule has 3 heteroatoms. The van der Waals surface area contributed by atoms with Crippen LogP contribution in [0, 0.1) is 11.7 Å². The standard InChI is InChI=1S/C16H20ClFO/c17-14-9-8-12(10-15(14)18)11-16(19)13-6-4-2-1-3-5-7-13/h8-10,13H,1-7,11H2. The molecule has 0 N–H and O–H groups in total. The minimum atomic E-state index is -0.440. The third-order valence-corrected chi connectivity index (χ3v) is 4.23. The maximum absolute atomic E-state index is 13.3. The van der Waals surface area contributed by atoms with E-state index in [1.165, 1.54) is 31.4 Å². The second kappa shape index (κ2) is 7.04. The third-order valence-electron chi connectivity index (χ3n) is 3.92. The second-order valence-electron chi connectivity index (χ2n) is 5.43. The summed E-state index contributed by atoms with van der Waals surface area (Å²) < 4.78 is 13.3. The van der Waals surface area contributed by atoms with Gasteiger partial charge < -0.3 is 0 Å². The van der Waals surface area contributed by atoms with E-state index in [9.17, 15) is 9.18 Å². The Balaban J connectivity index is 1.96. The quantitative estimate of drug-likeness (QED) is 0.766. The highest BCUT2D eigenvalue weighted by Gasteiger charge is 2.19. The van der Waals surface area contributed by atoms with Crippen LogP contribution in [0.5, 0.6) is 0 Å². The van der Waals surface area contributed by atoms with Gasteiger partial charge in [0.05, 0.1) is 5.02 Å². The Morgan fingerprint density at radius 2 is 1.79 bits per heavy atom. The maximum atomic E-state index is 13.3. The van der Waals surface area contributed by atoms with Gasteiger partial charge in [-0.25, -0.2) is 4.39 Å². The maximum Gasteiger partial charge on any atom is 0.142 e. The molecule has 104 valence electrons. The first-order chi connectivity index (χ1) is 9.16. The molecular formula is C16H20ClFO. The number of benzene rings is 1. The van der Waals surface area contributed by atoms with Crippen LogP contribution in [0.4, 0.5) is 4.39 Å². The van der Waals surface area contributed by atoms with Crippen molar-refractivity contribution in [3.63, 3.8) is 0 Å². The highest BCUT2D eigenvalue weighted by Crippen LogP contribution is 2.24. The number of ketones is 1. The Morgan fingerprint density at radius 3 is 2.42 bits per heavy atom. The van der Waals surface area contributed by atoms with Gasteiger partial charge >= 0.3 is 0 Å². The van der Waals surface area contributed by atoms with Crippen LogP contribution in [-0.2, 0) is 11.2 Å². The molecule has 0 spiro atoms. The minimum Gasteiger partial charge on any atom is -0.299 e. The zero-order valence-corrected chi connectivity index (χ0v) is 11.9. The summed E-state index contributed by atoms with van der Waals surface area (Å²) in [7, 11) is 0. The lowest BCUT2D eigenvalue weighted by molar-refractivity contribution is -0.122. The van der Waals surface area contributed by atoms with E-state index < -0.39 is 5.82 Å². The summed E-state index contributed by atoms with van der Waals surface area (Å²) in [5, 5.41) is 0.113. The number of halogens is 2. The van der Waals surface area contributed by atoms with Crippen LogP contribution in [0.2, 0.25) is 5.02 Å². The predicted octanol–water partition coefficient (Wildman–Crippen LogP) is 4.95. The molecule has 0 radical (unpaired) electrons. The van der Waals surface area contributed by atoms with E-state index in [2.05, 4.69) is 0 Å². The van der Waals surface area contributed by atoms with Crippen LogP contribution in [0.1, 0.15) is 50.5 Å². The van der Waals surface area contributed by atoms with E-state index in [4.69, 9.17) is 11.6 Å². The van der Waals surface area contributed by atoms with Crippen molar-refractivity contribution >= 4 is 17.4 Å². The first-order valence-corrected chi connectivity index (χ1v) is 7.51. The summed E-state index contributed by atoms with van der Waals surface area (Å²) in [6.07, 6.45) is 8.38. The van der Waals surface area contributed by atoms with E-state index >= 15 is 0 Å². The molecule has 1 aliphatic carbocycles. The number of Topliss-reactive ketones (excluding diaryl/α,β-unsaturated/α-hetero) is 1. The smallest absolute Gasteiger partial charge is 0.142 e. The second-order valence-corrected chi connectivity index (χ2v) is 5.84. The average molecular weight is 283 g/mol. The van der Waals surface area contributed by atoms with Crippen LogP contribution >= 0.6 is 11.6 Å². The lowest BCUT2D eigenvalue weighted by atomic mass is 9.86. The Kier molecular flexibility index (Phi) is 5.38. The van der Waals surface area contributed by atoms with E-state index in [-0.39, 0.29) is 16.7 Å². The van der Waals surface area contributed by atoms with E-state index in [1.807, 2.05) is 0 Å². The van der Waals surface area contributed by atoms with Crippen LogP contribution in [0.3, 0.4) is 0 Å². The Hall–Kier alpha value is -0.890. The van der Waals surface area contributed by atoms with Crippen molar-refractivity contribution < 1.29 is 9.18 Å². The first kappa shape index (κ1) is 14.5. The van der Waals surface area contributed by atoms with Gasteiger partial charge in [0, 0.05) is 12.3 Å². The molecule has 1 aliphatic rings. The number of hydrogen-bond acceptors (Lipinski definition) is 1. The monoisotopic (exact) mass is 282 g/mol. The molecule has 1 nitrogen and oxygen atoms in total. The molecule has 0 saturated heterocycles. The highest BCUT2D eigenvalue weighted by atomic mass is 35.5. The summed E-state index contributed by atoms with van der Waals surface area (Å²) in [5.74, 6) is -0.0210. The summed E-state index contributed by atoms with van der Waals surface area (Å²) >= 11 is 5.65. The molecule has 1 fully saturated rings. The van der Waals surface area contributed by atoms with Gasteiger partial charge in [-0.2, -0.15) is 0 Å². The fourth-order valence-corrected chi connectivity index (χ4v) is 2.89. The molecule has 0 heterocycles. The van der Waals surface area contributed by atoms with Crippen molar-refractivity contribution in [3.8, 4) is 0 Å². The lowest BCUT2D eigenvalue weighted by Gasteiger charge is -2.18. The number of carbonyl (C=O) groups excluding carboxylic acids is 1. The number of carbonyl (C=O) groups is 1. The largest absolute Gasteiger partial charge is 0.299 e. The van der Waals surface area contributed by atoms with Crippen molar-refractivity contribution in [2.75, 3.05) is 0 Å². The highest BCUT2D eigenvalue weighted by molar-refractivity contribution is 6.30. The van der Waals surface area contributed by atoms with Gasteiger partial charge in [0.1, 0.15) is 11.6 Å².